The normalized spacial score (nSPS) is 11.6. The van der Waals surface area contributed by atoms with E-state index in [0.717, 1.165) is 16.2 Å². The predicted octanol–water partition coefficient (Wildman–Crippen LogP) is 2.51. The minimum absolute atomic E-state index is 0.0713. The lowest BCUT2D eigenvalue weighted by Crippen LogP contribution is -2.36. The number of nitrogens with one attached hydrogen (secondary N) is 1. The summed E-state index contributed by atoms with van der Waals surface area (Å²) in [7, 11) is 3.35. The van der Waals surface area contributed by atoms with E-state index in [9.17, 15) is 9.59 Å². The average molecular weight is 347 g/mol. The van der Waals surface area contributed by atoms with E-state index in [1.807, 2.05) is 41.8 Å². The largest absolute Gasteiger partial charge is 0.497 e. The molecule has 128 valence electrons. The second kappa shape index (κ2) is 8.35. The van der Waals surface area contributed by atoms with Crippen LogP contribution in [0.4, 0.5) is 4.79 Å². The van der Waals surface area contributed by atoms with E-state index in [4.69, 9.17) is 10.5 Å². The van der Waals surface area contributed by atoms with Gasteiger partial charge in [0.2, 0.25) is 5.91 Å². The Morgan fingerprint density at radius 1 is 1.29 bits per heavy atom. The summed E-state index contributed by atoms with van der Waals surface area (Å²) in [6, 6.07) is 10.3. The number of carbonyl (C=O) groups excluding carboxylic acids is 2. The van der Waals surface area contributed by atoms with E-state index in [-0.39, 0.29) is 12.3 Å². The first-order valence-electron chi connectivity index (χ1n) is 7.46. The molecule has 0 aliphatic carbocycles. The van der Waals surface area contributed by atoms with E-state index in [1.165, 1.54) is 11.3 Å². The molecule has 2 aromatic rings. The minimum Gasteiger partial charge on any atom is -0.497 e. The fraction of sp³-hybridized carbons (Fsp3) is 0.294. The second-order valence-corrected chi connectivity index (χ2v) is 6.36. The highest BCUT2D eigenvalue weighted by atomic mass is 32.1. The number of nitrogens with zero attached hydrogens (tertiary/aromatic N) is 1. The Labute approximate surface area is 145 Å². The molecule has 2 rings (SSSR count). The standard InChI is InChI=1S/C17H21N3O3S/c1-20(11-12-5-7-13(23-2)8-6-12)16(21)10-14(19-17(18)22)15-4-3-9-24-15/h3-9,14H,10-11H2,1-2H3,(H3,18,19,22). The van der Waals surface area contributed by atoms with E-state index >= 15 is 0 Å². The topological polar surface area (TPSA) is 84.7 Å². The van der Waals surface area contributed by atoms with Crippen molar-refractivity contribution >= 4 is 23.3 Å². The number of methoxy groups -OCH3 is 1. The first kappa shape index (κ1) is 17.8. The fourth-order valence-corrected chi connectivity index (χ4v) is 3.09. The Balaban J connectivity index is 1.98. The maximum absolute atomic E-state index is 12.5. The van der Waals surface area contributed by atoms with Gasteiger partial charge in [-0.25, -0.2) is 4.79 Å². The van der Waals surface area contributed by atoms with Crippen LogP contribution in [0.2, 0.25) is 0 Å². The summed E-state index contributed by atoms with van der Waals surface area (Å²) in [6.45, 7) is 0.483. The molecule has 0 saturated carbocycles. The zero-order valence-corrected chi connectivity index (χ0v) is 14.5. The molecule has 0 fully saturated rings. The van der Waals surface area contributed by atoms with E-state index in [0.29, 0.717) is 6.54 Å². The maximum Gasteiger partial charge on any atom is 0.312 e. The number of primary amides is 1. The van der Waals surface area contributed by atoms with Crippen LogP contribution < -0.4 is 15.8 Å². The van der Waals surface area contributed by atoms with Gasteiger partial charge in [0.1, 0.15) is 5.75 Å². The van der Waals surface area contributed by atoms with Crippen molar-refractivity contribution in [2.45, 2.75) is 19.0 Å². The zero-order valence-electron chi connectivity index (χ0n) is 13.7. The summed E-state index contributed by atoms with van der Waals surface area (Å²) in [6.07, 6.45) is 0.163. The molecule has 0 aliphatic heterocycles. The Morgan fingerprint density at radius 3 is 2.54 bits per heavy atom. The van der Waals surface area contributed by atoms with Gasteiger partial charge in [-0.1, -0.05) is 18.2 Å². The second-order valence-electron chi connectivity index (χ2n) is 5.38. The first-order chi connectivity index (χ1) is 11.5. The number of hydrogen-bond acceptors (Lipinski definition) is 4. The van der Waals surface area contributed by atoms with Gasteiger partial charge in [-0.2, -0.15) is 0 Å². The smallest absolute Gasteiger partial charge is 0.312 e. The van der Waals surface area contributed by atoms with Crippen molar-refractivity contribution < 1.29 is 14.3 Å². The van der Waals surface area contributed by atoms with E-state index < -0.39 is 12.1 Å². The average Bonchev–Trinajstić information content (AvgIpc) is 3.09. The van der Waals surface area contributed by atoms with Crippen LogP contribution in [0.5, 0.6) is 5.75 Å². The van der Waals surface area contributed by atoms with Crippen LogP contribution in [-0.4, -0.2) is 31.0 Å². The van der Waals surface area contributed by atoms with Crippen LogP contribution in [0.1, 0.15) is 22.9 Å². The number of carbonyl (C=O) groups is 2. The Kier molecular flexibility index (Phi) is 6.20. The highest BCUT2D eigenvalue weighted by molar-refractivity contribution is 7.10. The van der Waals surface area contributed by atoms with Crippen LogP contribution in [0.3, 0.4) is 0 Å². The Bertz CT molecular complexity index is 671. The van der Waals surface area contributed by atoms with Crippen molar-refractivity contribution in [2.75, 3.05) is 14.2 Å². The van der Waals surface area contributed by atoms with Crippen molar-refractivity contribution in [1.29, 1.82) is 0 Å². The molecule has 1 aromatic carbocycles. The molecule has 1 heterocycles. The molecule has 1 atom stereocenters. The molecule has 0 saturated heterocycles. The van der Waals surface area contributed by atoms with E-state index in [2.05, 4.69) is 5.32 Å². The van der Waals surface area contributed by atoms with Crippen LogP contribution >= 0.6 is 11.3 Å². The molecule has 0 radical (unpaired) electrons. The maximum atomic E-state index is 12.5. The number of amides is 3. The molecule has 0 bridgehead atoms. The molecule has 0 spiro atoms. The van der Waals surface area contributed by atoms with Crippen molar-refractivity contribution in [3.05, 3.63) is 52.2 Å². The molecular formula is C17H21N3O3S. The number of hydrogen-bond donors (Lipinski definition) is 2. The van der Waals surface area contributed by atoms with Gasteiger partial charge in [0.25, 0.3) is 0 Å². The van der Waals surface area contributed by atoms with Crippen LogP contribution in [0, 0.1) is 0 Å². The summed E-state index contributed by atoms with van der Waals surface area (Å²) in [5.41, 5.74) is 6.22. The summed E-state index contributed by atoms with van der Waals surface area (Å²) in [4.78, 5) is 26.2. The van der Waals surface area contributed by atoms with Crippen molar-refractivity contribution in [2.24, 2.45) is 5.73 Å². The molecule has 3 amide bonds. The fourth-order valence-electron chi connectivity index (χ4n) is 2.31. The summed E-state index contributed by atoms with van der Waals surface area (Å²) in [5, 5.41) is 4.53. The Morgan fingerprint density at radius 2 is 2.00 bits per heavy atom. The van der Waals surface area contributed by atoms with Gasteiger partial charge in [-0.3, -0.25) is 4.79 Å². The van der Waals surface area contributed by atoms with Gasteiger partial charge in [-0.15, -0.1) is 11.3 Å². The molecule has 1 unspecified atom stereocenters. The molecule has 1 aromatic heterocycles. The van der Waals surface area contributed by atoms with Gasteiger partial charge in [-0.05, 0) is 29.1 Å². The van der Waals surface area contributed by atoms with Gasteiger partial charge >= 0.3 is 6.03 Å². The van der Waals surface area contributed by atoms with Gasteiger partial charge < -0.3 is 20.7 Å². The van der Waals surface area contributed by atoms with Gasteiger partial charge in [0.05, 0.1) is 19.6 Å². The van der Waals surface area contributed by atoms with Crippen LogP contribution in [0.15, 0.2) is 41.8 Å². The van der Waals surface area contributed by atoms with Crippen LogP contribution in [-0.2, 0) is 11.3 Å². The summed E-state index contributed by atoms with van der Waals surface area (Å²) in [5.74, 6) is 0.703. The number of ether oxygens (including phenoxy) is 1. The van der Waals surface area contributed by atoms with Crippen molar-refractivity contribution in [3.63, 3.8) is 0 Å². The molecule has 6 nitrogen and oxygen atoms in total. The Hall–Kier alpha value is -2.54. The summed E-state index contributed by atoms with van der Waals surface area (Å²) >= 11 is 1.48. The lowest BCUT2D eigenvalue weighted by atomic mass is 10.1. The van der Waals surface area contributed by atoms with Gasteiger partial charge in [0.15, 0.2) is 0 Å². The number of benzene rings is 1. The number of rotatable bonds is 7. The third kappa shape index (κ3) is 4.99. The monoisotopic (exact) mass is 347 g/mol. The molecule has 3 N–H and O–H groups in total. The highest BCUT2D eigenvalue weighted by Gasteiger charge is 2.20. The third-order valence-corrected chi connectivity index (χ3v) is 4.57. The predicted molar refractivity (Wildman–Crippen MR) is 93.9 cm³/mol. The van der Waals surface area contributed by atoms with Crippen molar-refractivity contribution in [3.8, 4) is 5.75 Å². The van der Waals surface area contributed by atoms with E-state index in [1.54, 1.807) is 19.1 Å². The summed E-state index contributed by atoms with van der Waals surface area (Å²) < 4.78 is 5.12. The lowest BCUT2D eigenvalue weighted by Gasteiger charge is -2.21. The van der Waals surface area contributed by atoms with Crippen LogP contribution in [0.25, 0.3) is 0 Å². The van der Waals surface area contributed by atoms with Gasteiger partial charge in [0, 0.05) is 18.5 Å². The van der Waals surface area contributed by atoms with Crippen molar-refractivity contribution in [1.82, 2.24) is 10.2 Å². The quantitative estimate of drug-likeness (QED) is 0.807. The molecule has 24 heavy (non-hydrogen) atoms. The number of nitrogens with two attached hydrogens (primary N) is 1. The SMILES string of the molecule is COc1ccc(CN(C)C(=O)CC(NC(N)=O)c2cccs2)cc1. The molecule has 7 heteroatoms. The number of urea groups is 1. The molecule has 0 aliphatic rings. The minimum atomic E-state index is -0.640. The zero-order chi connectivity index (χ0) is 17.5. The lowest BCUT2D eigenvalue weighted by molar-refractivity contribution is -0.130. The molecular weight excluding hydrogens is 326 g/mol. The highest BCUT2D eigenvalue weighted by Crippen LogP contribution is 2.23. The third-order valence-electron chi connectivity index (χ3n) is 3.59. The first-order valence-corrected chi connectivity index (χ1v) is 8.34. The number of thiophene rings is 1.